The van der Waals surface area contributed by atoms with E-state index in [0.29, 0.717) is 17.9 Å². The largest absolute Gasteiger partial charge is 0.382 e. The lowest BCUT2D eigenvalue weighted by Gasteiger charge is -2.31. The molecule has 3 rings (SSSR count). The highest BCUT2D eigenvalue weighted by Crippen LogP contribution is 2.31. The summed E-state index contributed by atoms with van der Waals surface area (Å²) in [5.41, 5.74) is -0.239. The second-order valence-electron chi connectivity index (χ2n) is 5.27. The third-order valence-corrected chi connectivity index (χ3v) is 5.58. The third-order valence-electron chi connectivity index (χ3n) is 3.79. The monoisotopic (exact) mass is 372 g/mol. The molecular formula is C14H17ClN4O4S. The van der Waals surface area contributed by atoms with Gasteiger partial charge < -0.3 is 9.88 Å². The Bertz CT molecular complexity index is 997. The number of hydrogen-bond donors (Lipinski definition) is 1. The second kappa shape index (κ2) is 6.33. The van der Waals surface area contributed by atoms with Crippen LogP contribution in [0.4, 0.5) is 11.4 Å². The average Bonchev–Trinajstić information content (AvgIpc) is 2.55. The topological polar surface area (TPSA) is 93.4 Å². The van der Waals surface area contributed by atoms with Gasteiger partial charge in [0.05, 0.1) is 17.9 Å². The fourth-order valence-corrected chi connectivity index (χ4v) is 4.21. The SMILES string of the molecule is Cl.Cn1cc(S(=O)(=O)N2CCNc3ccccc32)c(=O)n(C)c1=O. The van der Waals surface area contributed by atoms with Crippen molar-refractivity contribution in [1.29, 1.82) is 0 Å². The number of sulfonamides is 1. The Labute approximate surface area is 144 Å². The van der Waals surface area contributed by atoms with Crippen molar-refractivity contribution in [1.82, 2.24) is 9.13 Å². The number of para-hydroxylation sites is 2. The third kappa shape index (κ3) is 2.69. The molecule has 0 amide bonds. The van der Waals surface area contributed by atoms with Crippen molar-refractivity contribution in [2.24, 2.45) is 14.1 Å². The van der Waals surface area contributed by atoms with Gasteiger partial charge in [-0.1, -0.05) is 12.1 Å². The summed E-state index contributed by atoms with van der Waals surface area (Å²) in [7, 11) is -1.40. The summed E-state index contributed by atoms with van der Waals surface area (Å²) in [6, 6.07) is 6.97. The highest BCUT2D eigenvalue weighted by Gasteiger charge is 2.32. The van der Waals surface area contributed by atoms with Crippen LogP contribution in [0.25, 0.3) is 0 Å². The number of aromatic nitrogens is 2. The van der Waals surface area contributed by atoms with E-state index in [0.717, 1.165) is 15.3 Å². The highest BCUT2D eigenvalue weighted by molar-refractivity contribution is 7.92. The number of aryl methyl sites for hydroxylation is 1. The van der Waals surface area contributed by atoms with Gasteiger partial charge in [0.1, 0.15) is 0 Å². The number of halogens is 1. The van der Waals surface area contributed by atoms with Crippen LogP contribution < -0.4 is 20.9 Å². The first kappa shape index (κ1) is 18.1. The molecule has 0 saturated carbocycles. The van der Waals surface area contributed by atoms with Crippen LogP contribution in [0.3, 0.4) is 0 Å². The molecule has 2 heterocycles. The van der Waals surface area contributed by atoms with Gasteiger partial charge >= 0.3 is 5.69 Å². The Balaban J connectivity index is 0.00000208. The van der Waals surface area contributed by atoms with Crippen molar-refractivity contribution in [2.75, 3.05) is 22.7 Å². The number of nitrogens with one attached hydrogen (secondary N) is 1. The van der Waals surface area contributed by atoms with Crippen LogP contribution in [-0.4, -0.2) is 30.6 Å². The Morgan fingerprint density at radius 3 is 2.50 bits per heavy atom. The maximum absolute atomic E-state index is 13.0. The molecule has 24 heavy (non-hydrogen) atoms. The van der Waals surface area contributed by atoms with Gasteiger partial charge in [-0.25, -0.2) is 13.2 Å². The summed E-state index contributed by atoms with van der Waals surface area (Å²) in [4.78, 5) is 23.6. The van der Waals surface area contributed by atoms with Crippen LogP contribution in [0.5, 0.6) is 0 Å². The fraction of sp³-hybridized carbons (Fsp3) is 0.286. The standard InChI is InChI=1S/C14H16N4O4S.ClH/c1-16-9-12(13(19)17(2)14(16)20)23(21,22)18-8-7-15-10-5-3-4-6-11(10)18;/h3-6,9,15H,7-8H2,1-2H3;1H. The molecule has 0 radical (unpaired) electrons. The van der Waals surface area contributed by atoms with E-state index in [1.807, 2.05) is 0 Å². The Morgan fingerprint density at radius 1 is 1.12 bits per heavy atom. The minimum absolute atomic E-state index is 0. The Morgan fingerprint density at radius 2 is 1.79 bits per heavy atom. The van der Waals surface area contributed by atoms with Crippen molar-refractivity contribution < 1.29 is 8.42 Å². The van der Waals surface area contributed by atoms with Crippen molar-refractivity contribution >= 4 is 33.8 Å². The maximum Gasteiger partial charge on any atom is 0.330 e. The zero-order valence-electron chi connectivity index (χ0n) is 13.1. The summed E-state index contributed by atoms with van der Waals surface area (Å²) >= 11 is 0. The van der Waals surface area contributed by atoms with E-state index in [2.05, 4.69) is 5.32 Å². The number of benzene rings is 1. The molecule has 1 aromatic heterocycles. The number of rotatable bonds is 2. The zero-order chi connectivity index (χ0) is 16.8. The van der Waals surface area contributed by atoms with E-state index < -0.39 is 26.2 Å². The van der Waals surface area contributed by atoms with Gasteiger partial charge in [0, 0.05) is 26.8 Å². The van der Waals surface area contributed by atoms with Crippen LogP contribution in [0.2, 0.25) is 0 Å². The Hall–Kier alpha value is -2.26. The number of anilines is 2. The molecule has 2 aromatic rings. The predicted octanol–water partition coefficient (Wildman–Crippen LogP) is 0.127. The van der Waals surface area contributed by atoms with E-state index >= 15 is 0 Å². The summed E-state index contributed by atoms with van der Waals surface area (Å²) in [6.45, 7) is 0.633. The normalized spacial score (nSPS) is 13.7. The molecule has 130 valence electrons. The molecule has 0 bridgehead atoms. The predicted molar refractivity (Wildman–Crippen MR) is 93.6 cm³/mol. The molecule has 0 aliphatic carbocycles. The van der Waals surface area contributed by atoms with Crippen LogP contribution >= 0.6 is 12.4 Å². The second-order valence-corrected chi connectivity index (χ2v) is 7.10. The average molecular weight is 373 g/mol. The van der Waals surface area contributed by atoms with E-state index in [1.165, 1.54) is 18.4 Å². The zero-order valence-corrected chi connectivity index (χ0v) is 14.7. The van der Waals surface area contributed by atoms with Crippen LogP contribution in [0, 0.1) is 0 Å². The van der Waals surface area contributed by atoms with E-state index in [4.69, 9.17) is 0 Å². The molecule has 10 heteroatoms. The lowest BCUT2D eigenvalue weighted by Crippen LogP contribution is -2.45. The smallest absolute Gasteiger partial charge is 0.330 e. The van der Waals surface area contributed by atoms with Gasteiger partial charge in [-0.2, -0.15) is 0 Å². The van der Waals surface area contributed by atoms with E-state index in [9.17, 15) is 18.0 Å². The van der Waals surface area contributed by atoms with Crippen molar-refractivity contribution in [2.45, 2.75) is 4.90 Å². The van der Waals surface area contributed by atoms with Crippen molar-refractivity contribution in [3.05, 3.63) is 51.3 Å². The van der Waals surface area contributed by atoms with E-state index in [-0.39, 0.29) is 19.0 Å². The molecule has 1 aromatic carbocycles. The van der Waals surface area contributed by atoms with Crippen LogP contribution in [0.1, 0.15) is 0 Å². The number of fused-ring (bicyclic) bond motifs is 1. The summed E-state index contributed by atoms with van der Waals surface area (Å²) < 4.78 is 29.0. The Kier molecular flexibility index (Phi) is 4.77. The van der Waals surface area contributed by atoms with Crippen molar-refractivity contribution in [3.63, 3.8) is 0 Å². The molecule has 0 fully saturated rings. The maximum atomic E-state index is 13.0. The first-order valence-corrected chi connectivity index (χ1v) is 8.40. The van der Waals surface area contributed by atoms with Crippen LogP contribution in [0.15, 0.2) is 44.9 Å². The van der Waals surface area contributed by atoms with Gasteiger partial charge in [-0.3, -0.25) is 13.7 Å². The highest BCUT2D eigenvalue weighted by atomic mass is 35.5. The number of nitrogens with zero attached hydrogens (tertiary/aromatic N) is 3. The quantitative estimate of drug-likeness (QED) is 0.808. The van der Waals surface area contributed by atoms with Crippen LogP contribution in [-0.2, 0) is 24.1 Å². The fourth-order valence-electron chi connectivity index (χ4n) is 2.57. The van der Waals surface area contributed by atoms with Gasteiger partial charge in [-0.15, -0.1) is 12.4 Å². The van der Waals surface area contributed by atoms with Crippen molar-refractivity contribution in [3.8, 4) is 0 Å². The molecule has 0 unspecified atom stereocenters. The molecule has 8 nitrogen and oxygen atoms in total. The summed E-state index contributed by atoms with van der Waals surface area (Å²) in [5.74, 6) is 0. The van der Waals surface area contributed by atoms with Gasteiger partial charge in [0.25, 0.3) is 15.6 Å². The van der Waals surface area contributed by atoms with E-state index in [1.54, 1.807) is 24.3 Å². The molecule has 0 spiro atoms. The van der Waals surface area contributed by atoms with Gasteiger partial charge in [0.2, 0.25) is 0 Å². The molecule has 1 aliphatic rings. The minimum atomic E-state index is -4.07. The number of hydrogen-bond acceptors (Lipinski definition) is 5. The van der Waals surface area contributed by atoms with Gasteiger partial charge in [0.15, 0.2) is 4.90 Å². The molecular weight excluding hydrogens is 356 g/mol. The first-order valence-electron chi connectivity index (χ1n) is 6.96. The molecule has 0 atom stereocenters. The lowest BCUT2D eigenvalue weighted by molar-refractivity contribution is 0.579. The molecule has 1 N–H and O–H groups in total. The molecule has 1 aliphatic heterocycles. The summed E-state index contributed by atoms with van der Waals surface area (Å²) in [5, 5.41) is 3.12. The summed E-state index contributed by atoms with van der Waals surface area (Å²) in [6.07, 6.45) is 1.07. The first-order chi connectivity index (χ1) is 10.8. The molecule has 0 saturated heterocycles. The lowest BCUT2D eigenvalue weighted by atomic mass is 10.2. The minimum Gasteiger partial charge on any atom is -0.382 e. The van der Waals surface area contributed by atoms with Gasteiger partial charge in [-0.05, 0) is 12.1 Å².